The number of rotatable bonds is 7. The van der Waals surface area contributed by atoms with E-state index in [9.17, 15) is 0 Å². The molecule has 274 valence electrons. The van der Waals surface area contributed by atoms with Crippen molar-refractivity contribution in [2.24, 2.45) is 5.92 Å². The average Bonchev–Trinajstić information content (AvgIpc) is 3.47. The maximum Gasteiger partial charge on any atom is 0.0540 e. The quantitative estimate of drug-likeness (QED) is 0.176. The van der Waals surface area contributed by atoms with Gasteiger partial charge >= 0.3 is 0 Å². The third-order valence-corrected chi connectivity index (χ3v) is 12.8. The summed E-state index contributed by atoms with van der Waals surface area (Å²) in [6.07, 6.45) is 22.8. The van der Waals surface area contributed by atoms with E-state index in [1.54, 1.807) is 5.57 Å². The summed E-state index contributed by atoms with van der Waals surface area (Å²) >= 11 is 0. The first-order valence-corrected chi connectivity index (χ1v) is 20.4. The van der Waals surface area contributed by atoms with E-state index in [-0.39, 0.29) is 5.41 Å². The highest BCUT2D eigenvalue weighted by molar-refractivity contribution is 5.99. The Kier molecular flexibility index (Phi) is 8.51. The Labute approximate surface area is 331 Å². The summed E-state index contributed by atoms with van der Waals surface area (Å²) in [5.41, 5.74) is 18.2. The largest absolute Gasteiger partial charge is 0.355 e. The lowest BCUT2D eigenvalue weighted by molar-refractivity contribution is 0.607. The number of hydrogen-bond donors (Lipinski definition) is 1. The average molecular weight is 725 g/mol. The van der Waals surface area contributed by atoms with Gasteiger partial charge in [-0.1, -0.05) is 154 Å². The van der Waals surface area contributed by atoms with Gasteiger partial charge in [-0.25, -0.2) is 0 Å². The second-order valence-corrected chi connectivity index (χ2v) is 16.5. The summed E-state index contributed by atoms with van der Waals surface area (Å²) in [5.74, 6) is 0.791. The van der Waals surface area contributed by atoms with Crippen LogP contribution in [0.4, 0.5) is 28.4 Å². The molecule has 0 saturated heterocycles. The third-order valence-electron chi connectivity index (χ3n) is 12.8. The summed E-state index contributed by atoms with van der Waals surface area (Å²) in [6, 6.07) is 45.3. The van der Waals surface area contributed by atoms with Crippen LogP contribution in [-0.4, -0.2) is 0 Å². The number of aryl methyl sites for hydroxylation is 1. The topological polar surface area (TPSA) is 15.3 Å². The zero-order chi connectivity index (χ0) is 37.8. The van der Waals surface area contributed by atoms with Crippen LogP contribution < -0.4 is 10.2 Å². The molecule has 0 fully saturated rings. The van der Waals surface area contributed by atoms with Crippen molar-refractivity contribution in [2.45, 2.75) is 57.8 Å². The molecule has 0 saturated carbocycles. The fourth-order valence-electron chi connectivity index (χ4n) is 9.73. The Morgan fingerprint density at radius 2 is 1.41 bits per heavy atom. The van der Waals surface area contributed by atoms with Crippen LogP contribution in [0.1, 0.15) is 73.8 Å². The van der Waals surface area contributed by atoms with Crippen LogP contribution in [0.25, 0.3) is 33.5 Å². The molecule has 0 aromatic heterocycles. The molecule has 0 aliphatic heterocycles. The highest BCUT2D eigenvalue weighted by Crippen LogP contribution is 2.52. The minimum Gasteiger partial charge on any atom is -0.355 e. The van der Waals surface area contributed by atoms with Gasteiger partial charge in [-0.3, -0.25) is 0 Å². The fourth-order valence-corrected chi connectivity index (χ4v) is 9.73. The van der Waals surface area contributed by atoms with Crippen LogP contribution in [0.5, 0.6) is 0 Å². The van der Waals surface area contributed by atoms with E-state index in [4.69, 9.17) is 0 Å². The molecule has 0 amide bonds. The smallest absolute Gasteiger partial charge is 0.0540 e. The Morgan fingerprint density at radius 1 is 0.679 bits per heavy atom. The predicted octanol–water partition coefficient (Wildman–Crippen LogP) is 14.9. The van der Waals surface area contributed by atoms with Crippen LogP contribution in [0, 0.1) is 5.92 Å². The van der Waals surface area contributed by atoms with E-state index < -0.39 is 0 Å². The molecule has 0 heterocycles. The molecule has 2 heteroatoms. The van der Waals surface area contributed by atoms with Gasteiger partial charge in [-0.2, -0.15) is 0 Å². The summed E-state index contributed by atoms with van der Waals surface area (Å²) in [7, 11) is 0. The lowest BCUT2D eigenvalue weighted by atomic mass is 9.78. The molecule has 6 aromatic carbocycles. The number of anilines is 5. The molecule has 2 atom stereocenters. The molecule has 4 aliphatic rings. The molecule has 1 N–H and O–H groups in total. The lowest BCUT2D eigenvalue weighted by Gasteiger charge is -2.30. The SMILES string of the molecule is CC1C=CC=CC1c1ccc2c(c1Nc1ccc(-c3ccc(N(c4ccc5c(c4)C(C)(C)C4=C5C=CCC4)c4cccc5ccccc45)cc3)cc1)C=CCC2. The highest BCUT2D eigenvalue weighted by atomic mass is 15.1. The standard InChI is InChI=1S/C54H48N2/c1-36-13-4-7-17-44(36)49-33-27-40-15-6-9-19-46(40)53(49)55-41-28-23-37(24-29-41)38-25-30-42(31-26-38)56(52-22-12-16-39-14-5-8-18-45(39)52)43-32-34-48-47-20-10-11-21-50(47)54(2,3)51(48)35-43/h4-5,7-10,12-14,16-20,22-36,44,55H,6,11,15,21H2,1-3H3. The third kappa shape index (κ3) is 5.87. The van der Waals surface area contributed by atoms with Gasteiger partial charge in [0, 0.05) is 45.0 Å². The van der Waals surface area contributed by atoms with Crippen LogP contribution >= 0.6 is 0 Å². The first-order valence-electron chi connectivity index (χ1n) is 20.4. The lowest BCUT2D eigenvalue weighted by Crippen LogP contribution is -2.19. The maximum absolute atomic E-state index is 3.89. The van der Waals surface area contributed by atoms with Gasteiger partial charge < -0.3 is 10.2 Å². The minimum absolute atomic E-state index is 0.00155. The molecule has 56 heavy (non-hydrogen) atoms. The van der Waals surface area contributed by atoms with Crippen LogP contribution in [-0.2, 0) is 11.8 Å². The van der Waals surface area contributed by atoms with E-state index in [2.05, 4.69) is 201 Å². The van der Waals surface area contributed by atoms with Crippen molar-refractivity contribution in [3.8, 4) is 11.1 Å². The molecule has 0 radical (unpaired) electrons. The molecule has 6 aromatic rings. The molecule has 2 nitrogen and oxygen atoms in total. The van der Waals surface area contributed by atoms with Crippen LogP contribution in [0.15, 0.2) is 169 Å². The molecule has 0 spiro atoms. The Bertz CT molecular complexity index is 2640. The van der Waals surface area contributed by atoms with Gasteiger partial charge in [0.1, 0.15) is 0 Å². The van der Waals surface area contributed by atoms with E-state index in [1.165, 1.54) is 72.4 Å². The summed E-state index contributed by atoms with van der Waals surface area (Å²) < 4.78 is 0. The molecule has 2 unspecified atom stereocenters. The van der Waals surface area contributed by atoms with Crippen LogP contribution in [0.3, 0.4) is 0 Å². The number of hydrogen-bond acceptors (Lipinski definition) is 2. The molecule has 0 bridgehead atoms. The van der Waals surface area contributed by atoms with E-state index in [1.807, 2.05) is 0 Å². The molecular formula is C54H48N2. The second kappa shape index (κ2) is 13.9. The highest BCUT2D eigenvalue weighted by Gasteiger charge is 2.38. The Morgan fingerprint density at radius 3 is 2.25 bits per heavy atom. The van der Waals surface area contributed by atoms with Crippen molar-refractivity contribution in [1.82, 2.24) is 0 Å². The van der Waals surface area contributed by atoms with Crippen molar-refractivity contribution in [3.05, 3.63) is 197 Å². The van der Waals surface area contributed by atoms with Gasteiger partial charge in [0.25, 0.3) is 0 Å². The maximum atomic E-state index is 3.89. The Balaban J connectivity index is 0.987. The van der Waals surface area contributed by atoms with E-state index in [0.29, 0.717) is 11.8 Å². The number of nitrogens with one attached hydrogen (secondary N) is 1. The fraction of sp³-hybridized carbons (Fsp3) is 0.185. The predicted molar refractivity (Wildman–Crippen MR) is 240 cm³/mol. The summed E-state index contributed by atoms with van der Waals surface area (Å²) in [4.78, 5) is 2.45. The summed E-state index contributed by atoms with van der Waals surface area (Å²) in [6.45, 7) is 7.13. The Hall–Kier alpha value is -6.12. The van der Waals surface area contributed by atoms with Gasteiger partial charge in [-0.15, -0.1) is 0 Å². The first kappa shape index (κ1) is 34.4. The van der Waals surface area contributed by atoms with Crippen molar-refractivity contribution >= 4 is 50.9 Å². The number of allylic oxidation sites excluding steroid dienone is 9. The number of benzene rings is 6. The number of nitrogens with zero attached hydrogens (tertiary/aromatic N) is 1. The van der Waals surface area contributed by atoms with Gasteiger partial charge in [0.05, 0.1) is 5.69 Å². The molecule has 4 aliphatic carbocycles. The van der Waals surface area contributed by atoms with Crippen molar-refractivity contribution in [2.75, 3.05) is 10.2 Å². The van der Waals surface area contributed by atoms with Gasteiger partial charge in [0.2, 0.25) is 0 Å². The monoisotopic (exact) mass is 724 g/mol. The first-order chi connectivity index (χ1) is 27.4. The zero-order valence-electron chi connectivity index (χ0n) is 32.6. The zero-order valence-corrected chi connectivity index (χ0v) is 32.6. The van der Waals surface area contributed by atoms with Gasteiger partial charge in [0.15, 0.2) is 0 Å². The summed E-state index contributed by atoms with van der Waals surface area (Å²) in [5, 5.41) is 6.37. The number of fused-ring (bicyclic) bond motifs is 4. The van der Waals surface area contributed by atoms with E-state index >= 15 is 0 Å². The van der Waals surface area contributed by atoms with Crippen LogP contribution in [0.2, 0.25) is 0 Å². The molecular weight excluding hydrogens is 677 g/mol. The van der Waals surface area contributed by atoms with Crippen molar-refractivity contribution in [1.29, 1.82) is 0 Å². The van der Waals surface area contributed by atoms with Gasteiger partial charge in [-0.05, 0) is 118 Å². The normalized spacial score (nSPS) is 18.8. The van der Waals surface area contributed by atoms with E-state index in [0.717, 1.165) is 37.1 Å². The second-order valence-electron chi connectivity index (χ2n) is 16.5. The minimum atomic E-state index is 0.00155. The molecule has 10 rings (SSSR count). The van der Waals surface area contributed by atoms with Crippen molar-refractivity contribution in [3.63, 3.8) is 0 Å². The van der Waals surface area contributed by atoms with Crippen molar-refractivity contribution < 1.29 is 0 Å².